The van der Waals surface area contributed by atoms with E-state index in [1.807, 2.05) is 24.3 Å². The Morgan fingerprint density at radius 1 is 1.29 bits per heavy atom. The van der Waals surface area contributed by atoms with Gasteiger partial charge in [0.15, 0.2) is 0 Å². The van der Waals surface area contributed by atoms with Gasteiger partial charge in [0.1, 0.15) is 12.4 Å². The number of hydrogen-bond acceptors (Lipinski definition) is 3. The van der Waals surface area contributed by atoms with Crippen LogP contribution < -0.4 is 10.5 Å². The second-order valence-electron chi connectivity index (χ2n) is 2.99. The van der Waals surface area contributed by atoms with Gasteiger partial charge < -0.3 is 10.5 Å². The molecular weight excluding hydrogens is 176 g/mol. The van der Waals surface area contributed by atoms with Gasteiger partial charge in [0.2, 0.25) is 0 Å². The summed E-state index contributed by atoms with van der Waals surface area (Å²) >= 11 is 0. The van der Waals surface area contributed by atoms with Crippen molar-refractivity contribution in [3.8, 4) is 5.75 Å². The van der Waals surface area contributed by atoms with E-state index >= 15 is 0 Å². The summed E-state index contributed by atoms with van der Waals surface area (Å²) in [4.78, 5) is 4.07. The average molecular weight is 188 g/mol. The van der Waals surface area contributed by atoms with E-state index < -0.39 is 0 Å². The van der Waals surface area contributed by atoms with Crippen LogP contribution in [0.5, 0.6) is 5.75 Å². The van der Waals surface area contributed by atoms with Gasteiger partial charge in [-0.3, -0.25) is 4.98 Å². The van der Waals surface area contributed by atoms with Crippen LogP contribution in [0.4, 0.5) is 0 Å². The molecule has 0 saturated heterocycles. The third-order valence-corrected chi connectivity index (χ3v) is 2.02. The largest absolute Gasteiger partial charge is 0.492 e. The third kappa shape index (κ3) is 1.67. The smallest absolute Gasteiger partial charge is 0.128 e. The highest BCUT2D eigenvalue weighted by molar-refractivity contribution is 5.87. The lowest BCUT2D eigenvalue weighted by Gasteiger charge is -2.07. The van der Waals surface area contributed by atoms with Crippen LogP contribution in [0.1, 0.15) is 0 Å². The summed E-state index contributed by atoms with van der Waals surface area (Å²) < 4.78 is 5.50. The van der Waals surface area contributed by atoms with Crippen molar-refractivity contribution < 1.29 is 4.74 Å². The SMILES string of the molecule is NCCOc1cccc2ccncc12. The Bertz CT molecular complexity index is 423. The molecule has 0 radical (unpaired) electrons. The zero-order valence-corrected chi connectivity index (χ0v) is 7.81. The van der Waals surface area contributed by atoms with Gasteiger partial charge in [-0.05, 0) is 17.5 Å². The van der Waals surface area contributed by atoms with Crippen molar-refractivity contribution in [3.63, 3.8) is 0 Å². The average Bonchev–Trinajstić information content (AvgIpc) is 2.26. The molecule has 0 aliphatic carbocycles. The van der Waals surface area contributed by atoms with E-state index in [9.17, 15) is 0 Å². The molecule has 2 N–H and O–H groups in total. The summed E-state index contributed by atoms with van der Waals surface area (Å²) in [6.45, 7) is 1.06. The fourth-order valence-electron chi connectivity index (χ4n) is 1.38. The summed E-state index contributed by atoms with van der Waals surface area (Å²) in [5.41, 5.74) is 5.38. The minimum Gasteiger partial charge on any atom is -0.492 e. The van der Waals surface area contributed by atoms with E-state index in [1.54, 1.807) is 12.4 Å². The van der Waals surface area contributed by atoms with Crippen molar-refractivity contribution in [2.75, 3.05) is 13.2 Å². The zero-order chi connectivity index (χ0) is 9.80. The minimum absolute atomic E-state index is 0.524. The van der Waals surface area contributed by atoms with Crippen molar-refractivity contribution in [2.24, 2.45) is 5.73 Å². The van der Waals surface area contributed by atoms with E-state index in [2.05, 4.69) is 4.98 Å². The molecule has 2 rings (SSSR count). The summed E-state index contributed by atoms with van der Waals surface area (Å²) in [6.07, 6.45) is 3.58. The van der Waals surface area contributed by atoms with Crippen molar-refractivity contribution in [1.29, 1.82) is 0 Å². The van der Waals surface area contributed by atoms with Gasteiger partial charge in [0, 0.05) is 24.3 Å². The minimum atomic E-state index is 0.524. The fraction of sp³-hybridized carbons (Fsp3) is 0.182. The van der Waals surface area contributed by atoms with E-state index in [0.29, 0.717) is 13.2 Å². The summed E-state index contributed by atoms with van der Waals surface area (Å²) in [5.74, 6) is 0.848. The molecule has 0 aliphatic heterocycles. The first-order valence-corrected chi connectivity index (χ1v) is 4.57. The first-order valence-electron chi connectivity index (χ1n) is 4.57. The van der Waals surface area contributed by atoms with Crippen LogP contribution in [0.25, 0.3) is 10.8 Å². The highest BCUT2D eigenvalue weighted by atomic mass is 16.5. The quantitative estimate of drug-likeness (QED) is 0.795. The number of benzene rings is 1. The predicted molar refractivity (Wildman–Crippen MR) is 56.3 cm³/mol. The first kappa shape index (κ1) is 8.97. The van der Waals surface area contributed by atoms with Gasteiger partial charge in [0.25, 0.3) is 0 Å². The van der Waals surface area contributed by atoms with E-state index in [-0.39, 0.29) is 0 Å². The summed E-state index contributed by atoms with van der Waals surface area (Å²) in [6, 6.07) is 7.89. The van der Waals surface area contributed by atoms with Crippen LogP contribution in [-0.2, 0) is 0 Å². The molecular formula is C11H12N2O. The maximum atomic E-state index is 5.50. The van der Waals surface area contributed by atoms with Crippen LogP contribution >= 0.6 is 0 Å². The number of aromatic nitrogens is 1. The van der Waals surface area contributed by atoms with Gasteiger partial charge in [-0.1, -0.05) is 12.1 Å². The van der Waals surface area contributed by atoms with Crippen LogP contribution in [0.15, 0.2) is 36.7 Å². The lowest BCUT2D eigenvalue weighted by molar-refractivity contribution is 0.332. The Morgan fingerprint density at radius 2 is 2.21 bits per heavy atom. The lowest BCUT2D eigenvalue weighted by Crippen LogP contribution is -2.10. The third-order valence-electron chi connectivity index (χ3n) is 2.02. The molecule has 1 heterocycles. The standard InChI is InChI=1S/C11H12N2O/c12-5-7-14-11-3-1-2-9-4-6-13-8-10(9)11/h1-4,6,8H,5,7,12H2. The number of rotatable bonds is 3. The van der Waals surface area contributed by atoms with Crippen molar-refractivity contribution in [2.45, 2.75) is 0 Å². The molecule has 2 aromatic rings. The number of fused-ring (bicyclic) bond motifs is 1. The molecule has 0 bridgehead atoms. The van der Waals surface area contributed by atoms with Gasteiger partial charge in [-0.25, -0.2) is 0 Å². The van der Waals surface area contributed by atoms with Crippen LogP contribution in [-0.4, -0.2) is 18.1 Å². The normalized spacial score (nSPS) is 10.4. The number of nitrogens with two attached hydrogens (primary N) is 1. The number of nitrogens with zero attached hydrogens (tertiary/aromatic N) is 1. The predicted octanol–water partition coefficient (Wildman–Crippen LogP) is 1.57. The molecule has 0 spiro atoms. The molecule has 3 nitrogen and oxygen atoms in total. The Balaban J connectivity index is 2.43. The fourth-order valence-corrected chi connectivity index (χ4v) is 1.38. The highest BCUT2D eigenvalue weighted by Gasteiger charge is 2.00. The maximum Gasteiger partial charge on any atom is 0.128 e. The number of hydrogen-bond donors (Lipinski definition) is 1. The van der Waals surface area contributed by atoms with Crippen LogP contribution in [0.2, 0.25) is 0 Å². The lowest BCUT2D eigenvalue weighted by atomic mass is 10.1. The number of ether oxygens (including phenoxy) is 1. The Hall–Kier alpha value is -1.61. The van der Waals surface area contributed by atoms with Crippen molar-refractivity contribution >= 4 is 10.8 Å². The van der Waals surface area contributed by atoms with Gasteiger partial charge in [-0.2, -0.15) is 0 Å². The molecule has 0 amide bonds. The van der Waals surface area contributed by atoms with Crippen LogP contribution in [0.3, 0.4) is 0 Å². The second-order valence-corrected chi connectivity index (χ2v) is 2.99. The Kier molecular flexibility index (Phi) is 2.60. The topological polar surface area (TPSA) is 48.1 Å². The van der Waals surface area contributed by atoms with E-state index in [4.69, 9.17) is 10.5 Å². The molecule has 1 aromatic heterocycles. The second kappa shape index (κ2) is 4.07. The molecule has 0 aliphatic rings. The molecule has 0 unspecified atom stereocenters. The Labute approximate surface area is 82.5 Å². The molecule has 14 heavy (non-hydrogen) atoms. The molecule has 0 atom stereocenters. The van der Waals surface area contributed by atoms with Crippen molar-refractivity contribution in [1.82, 2.24) is 4.98 Å². The molecule has 0 saturated carbocycles. The van der Waals surface area contributed by atoms with E-state index in [1.165, 1.54) is 0 Å². The molecule has 0 fully saturated rings. The first-order chi connectivity index (χ1) is 6.92. The van der Waals surface area contributed by atoms with Gasteiger partial charge >= 0.3 is 0 Å². The summed E-state index contributed by atoms with van der Waals surface area (Å²) in [5, 5.41) is 2.16. The Morgan fingerprint density at radius 3 is 3.07 bits per heavy atom. The maximum absolute atomic E-state index is 5.50. The van der Waals surface area contributed by atoms with Gasteiger partial charge in [0.05, 0.1) is 0 Å². The highest BCUT2D eigenvalue weighted by Crippen LogP contribution is 2.23. The summed E-state index contributed by atoms with van der Waals surface area (Å²) in [7, 11) is 0. The zero-order valence-electron chi connectivity index (χ0n) is 7.81. The molecule has 72 valence electrons. The van der Waals surface area contributed by atoms with Crippen molar-refractivity contribution in [3.05, 3.63) is 36.7 Å². The number of pyridine rings is 1. The van der Waals surface area contributed by atoms with Crippen LogP contribution in [0, 0.1) is 0 Å². The molecule has 1 aromatic carbocycles. The van der Waals surface area contributed by atoms with E-state index in [0.717, 1.165) is 16.5 Å². The monoisotopic (exact) mass is 188 g/mol. The van der Waals surface area contributed by atoms with Gasteiger partial charge in [-0.15, -0.1) is 0 Å². The molecule has 3 heteroatoms.